The lowest BCUT2D eigenvalue weighted by Crippen LogP contribution is -2.55. The maximum absolute atomic E-state index is 12.5. The lowest BCUT2D eigenvalue weighted by Gasteiger charge is -2.59. The predicted molar refractivity (Wildman–Crippen MR) is 110 cm³/mol. The molecule has 0 radical (unpaired) electrons. The van der Waals surface area contributed by atoms with Crippen molar-refractivity contribution in [2.75, 3.05) is 5.75 Å². The third kappa shape index (κ3) is 4.09. The molecule has 0 aromatic heterocycles. The third-order valence-corrected chi connectivity index (χ3v) is 8.36. The predicted octanol–water partition coefficient (Wildman–Crippen LogP) is 5.93. The highest BCUT2D eigenvalue weighted by molar-refractivity contribution is 7.99. The summed E-state index contributed by atoms with van der Waals surface area (Å²) in [6.45, 7) is 2.27. The Kier molecular flexibility index (Phi) is 5.57. The number of benzene rings is 1. The summed E-state index contributed by atoms with van der Waals surface area (Å²) < 4.78 is 0. The highest BCUT2D eigenvalue weighted by Crippen LogP contribution is 2.61. The van der Waals surface area contributed by atoms with Gasteiger partial charge in [-0.3, -0.25) is 4.79 Å². The number of amides is 1. The fraction of sp³-hybridized carbons (Fsp3) is 0.682. The Balaban J connectivity index is 1.21. The average Bonchev–Trinajstić information content (AvgIpc) is 2.59. The van der Waals surface area contributed by atoms with Crippen LogP contribution in [-0.2, 0) is 4.79 Å². The Hall–Kier alpha value is -0.670. The Bertz CT molecular complexity index is 609. The molecule has 4 heteroatoms. The van der Waals surface area contributed by atoms with E-state index in [-0.39, 0.29) is 5.91 Å². The molecule has 4 fully saturated rings. The largest absolute Gasteiger partial charge is 0.353 e. The summed E-state index contributed by atoms with van der Waals surface area (Å²) in [6, 6.07) is 8.27. The molecule has 0 unspecified atom stereocenters. The standard InChI is InChI=1S/C22H30ClNOS/c1-15(22-12-16-9-17(13-22)11-18(10-16)14-22)24-21(25)3-2-8-26-20-6-4-19(23)5-7-20/h4-7,15-18H,2-3,8-14H2,1H3,(H,24,25)/t15-,16?,17?,18?,22?/m0/s1. The summed E-state index contributed by atoms with van der Waals surface area (Å²) in [5.41, 5.74) is 0.405. The first kappa shape index (κ1) is 18.7. The maximum Gasteiger partial charge on any atom is 0.220 e. The molecule has 5 rings (SSSR count). The lowest BCUT2D eigenvalue weighted by atomic mass is 9.48. The van der Waals surface area contributed by atoms with Gasteiger partial charge in [0.05, 0.1) is 0 Å². The third-order valence-electron chi connectivity index (χ3n) is 7.01. The number of hydrogen-bond acceptors (Lipinski definition) is 2. The molecule has 0 saturated heterocycles. The van der Waals surface area contributed by atoms with Gasteiger partial charge in [-0.25, -0.2) is 0 Å². The van der Waals surface area contributed by atoms with Gasteiger partial charge in [0.1, 0.15) is 0 Å². The van der Waals surface area contributed by atoms with Gasteiger partial charge in [0.2, 0.25) is 5.91 Å². The number of carbonyl (C=O) groups is 1. The molecule has 26 heavy (non-hydrogen) atoms. The number of carbonyl (C=O) groups excluding carboxylic acids is 1. The minimum absolute atomic E-state index is 0.241. The number of rotatable bonds is 7. The molecule has 2 nitrogen and oxygen atoms in total. The second-order valence-electron chi connectivity index (χ2n) is 8.98. The maximum atomic E-state index is 12.5. The zero-order chi connectivity index (χ0) is 18.1. The summed E-state index contributed by atoms with van der Waals surface area (Å²) in [5, 5.41) is 4.15. The molecule has 1 aromatic carbocycles. The number of nitrogens with one attached hydrogen (secondary N) is 1. The molecule has 4 saturated carbocycles. The van der Waals surface area contributed by atoms with Crippen molar-refractivity contribution in [1.82, 2.24) is 5.32 Å². The van der Waals surface area contributed by atoms with Crippen LogP contribution in [0.1, 0.15) is 58.3 Å². The first-order valence-corrected chi connectivity index (χ1v) is 11.6. The highest BCUT2D eigenvalue weighted by Gasteiger charge is 2.53. The SMILES string of the molecule is C[C@H](NC(=O)CCCSc1ccc(Cl)cc1)C12CC3CC(CC(C3)C1)C2. The van der Waals surface area contributed by atoms with E-state index in [2.05, 4.69) is 12.2 Å². The van der Waals surface area contributed by atoms with Crippen molar-refractivity contribution in [3.8, 4) is 0 Å². The molecule has 4 aliphatic rings. The molecule has 0 spiro atoms. The lowest BCUT2D eigenvalue weighted by molar-refractivity contribution is -0.125. The summed E-state index contributed by atoms with van der Waals surface area (Å²) >= 11 is 7.71. The van der Waals surface area contributed by atoms with Gasteiger partial charge < -0.3 is 5.32 Å². The number of hydrogen-bond donors (Lipinski definition) is 1. The van der Waals surface area contributed by atoms with Gasteiger partial charge in [-0.2, -0.15) is 0 Å². The molecule has 0 heterocycles. The minimum atomic E-state index is 0.241. The topological polar surface area (TPSA) is 29.1 Å². The van der Waals surface area contributed by atoms with E-state index in [0.717, 1.165) is 35.0 Å². The fourth-order valence-corrected chi connectivity index (χ4v) is 7.11. The second-order valence-corrected chi connectivity index (χ2v) is 10.6. The van der Waals surface area contributed by atoms with Crippen LogP contribution in [0.4, 0.5) is 0 Å². The van der Waals surface area contributed by atoms with Crippen molar-refractivity contribution in [2.45, 2.75) is 69.2 Å². The molecule has 4 bridgehead atoms. The molecule has 0 aliphatic heterocycles. The van der Waals surface area contributed by atoms with Crippen LogP contribution in [0.5, 0.6) is 0 Å². The van der Waals surface area contributed by atoms with E-state index in [1.807, 2.05) is 24.3 Å². The average molecular weight is 392 g/mol. The van der Waals surface area contributed by atoms with Gasteiger partial charge in [-0.1, -0.05) is 11.6 Å². The van der Waals surface area contributed by atoms with Crippen LogP contribution in [0.2, 0.25) is 5.02 Å². The van der Waals surface area contributed by atoms with Gasteiger partial charge in [-0.15, -0.1) is 11.8 Å². The van der Waals surface area contributed by atoms with Gasteiger partial charge in [-0.05, 0) is 105 Å². The molecular formula is C22H30ClNOS. The molecule has 1 atom stereocenters. The molecule has 4 aliphatic carbocycles. The van der Waals surface area contributed by atoms with E-state index in [1.165, 1.54) is 43.4 Å². The fourth-order valence-electron chi connectivity index (χ4n) is 6.13. The van der Waals surface area contributed by atoms with E-state index < -0.39 is 0 Å². The van der Waals surface area contributed by atoms with Crippen molar-refractivity contribution in [2.24, 2.45) is 23.2 Å². The minimum Gasteiger partial charge on any atom is -0.353 e. The normalized spacial score (nSPS) is 33.2. The van der Waals surface area contributed by atoms with Crippen LogP contribution < -0.4 is 5.32 Å². The first-order valence-electron chi connectivity index (χ1n) is 10.2. The number of halogens is 1. The van der Waals surface area contributed by atoms with Crippen LogP contribution in [0.3, 0.4) is 0 Å². The Morgan fingerprint density at radius 1 is 1.15 bits per heavy atom. The highest BCUT2D eigenvalue weighted by atomic mass is 35.5. The molecule has 142 valence electrons. The van der Waals surface area contributed by atoms with Crippen LogP contribution in [0.15, 0.2) is 29.2 Å². The molecule has 1 aromatic rings. The zero-order valence-corrected chi connectivity index (χ0v) is 17.2. The van der Waals surface area contributed by atoms with Crippen LogP contribution in [-0.4, -0.2) is 17.7 Å². The Morgan fingerprint density at radius 2 is 1.73 bits per heavy atom. The van der Waals surface area contributed by atoms with Crippen LogP contribution in [0.25, 0.3) is 0 Å². The molecule has 1 amide bonds. The quantitative estimate of drug-likeness (QED) is 0.460. The van der Waals surface area contributed by atoms with Gasteiger partial charge in [0, 0.05) is 22.4 Å². The summed E-state index contributed by atoms with van der Waals surface area (Å²) in [6.07, 6.45) is 10.0. The summed E-state index contributed by atoms with van der Waals surface area (Å²) in [7, 11) is 0. The monoisotopic (exact) mass is 391 g/mol. The smallest absolute Gasteiger partial charge is 0.220 e. The Labute approximate surface area is 166 Å². The van der Waals surface area contributed by atoms with E-state index in [0.29, 0.717) is 17.9 Å². The second kappa shape index (κ2) is 7.75. The summed E-state index contributed by atoms with van der Waals surface area (Å²) in [4.78, 5) is 13.7. The van der Waals surface area contributed by atoms with Crippen LogP contribution >= 0.6 is 23.4 Å². The van der Waals surface area contributed by atoms with Gasteiger partial charge >= 0.3 is 0 Å². The van der Waals surface area contributed by atoms with Gasteiger partial charge in [0.15, 0.2) is 0 Å². The first-order chi connectivity index (χ1) is 12.5. The van der Waals surface area contributed by atoms with Crippen molar-refractivity contribution < 1.29 is 4.79 Å². The van der Waals surface area contributed by atoms with Gasteiger partial charge in [0.25, 0.3) is 0 Å². The van der Waals surface area contributed by atoms with Crippen molar-refractivity contribution in [1.29, 1.82) is 0 Å². The molecular weight excluding hydrogens is 362 g/mol. The van der Waals surface area contributed by atoms with E-state index in [9.17, 15) is 4.79 Å². The Morgan fingerprint density at radius 3 is 2.31 bits per heavy atom. The number of thioether (sulfide) groups is 1. The van der Waals surface area contributed by atoms with E-state index in [4.69, 9.17) is 11.6 Å². The molecule has 1 N–H and O–H groups in total. The van der Waals surface area contributed by atoms with Crippen LogP contribution in [0, 0.1) is 23.2 Å². The van der Waals surface area contributed by atoms with Crippen molar-refractivity contribution in [3.63, 3.8) is 0 Å². The van der Waals surface area contributed by atoms with Crippen molar-refractivity contribution in [3.05, 3.63) is 29.3 Å². The van der Waals surface area contributed by atoms with Crippen molar-refractivity contribution >= 4 is 29.3 Å². The van der Waals surface area contributed by atoms with E-state index >= 15 is 0 Å². The summed E-state index contributed by atoms with van der Waals surface area (Å²) in [5.74, 6) is 4.04. The zero-order valence-electron chi connectivity index (χ0n) is 15.7. The van der Waals surface area contributed by atoms with E-state index in [1.54, 1.807) is 11.8 Å².